The van der Waals surface area contributed by atoms with Crippen molar-refractivity contribution >= 4 is 5.76 Å². The maximum atomic E-state index is 6.36. The number of allylic oxidation sites excluding steroid dienone is 1. The van der Waals surface area contributed by atoms with E-state index in [-0.39, 0.29) is 12.4 Å². The van der Waals surface area contributed by atoms with Crippen LogP contribution in [0.3, 0.4) is 0 Å². The Morgan fingerprint density at radius 1 is 1.00 bits per heavy atom. The van der Waals surface area contributed by atoms with Gasteiger partial charge in [0.15, 0.2) is 0 Å². The molecule has 0 aliphatic heterocycles. The van der Waals surface area contributed by atoms with Gasteiger partial charge in [0, 0.05) is 5.56 Å². The molecule has 0 radical (unpaired) electrons. The van der Waals surface area contributed by atoms with E-state index < -0.39 is 0 Å². The molecule has 3 heteroatoms. The van der Waals surface area contributed by atoms with E-state index in [2.05, 4.69) is 52.0 Å². The molecule has 1 fully saturated rings. The summed E-state index contributed by atoms with van der Waals surface area (Å²) in [5.74, 6) is 1.76. The summed E-state index contributed by atoms with van der Waals surface area (Å²) in [4.78, 5) is 1.61. The largest absolute Gasteiger partial charge is 1.00 e. The van der Waals surface area contributed by atoms with Crippen LogP contribution in [0, 0.1) is 0 Å². The fraction of sp³-hybridized carbons (Fsp3) is 0.636. The Labute approximate surface area is 161 Å². The van der Waals surface area contributed by atoms with Gasteiger partial charge >= 0.3 is 0 Å². The Kier molecular flexibility index (Phi) is 10.2. The fourth-order valence-corrected chi connectivity index (χ4v) is 3.52. The lowest BCUT2D eigenvalue weighted by atomic mass is 9.91. The average molecular weight is 366 g/mol. The van der Waals surface area contributed by atoms with Crippen molar-refractivity contribution in [2.75, 3.05) is 26.2 Å². The summed E-state index contributed by atoms with van der Waals surface area (Å²) in [6.45, 7) is 13.3. The number of quaternary nitrogens is 1. The van der Waals surface area contributed by atoms with Gasteiger partial charge in [0.25, 0.3) is 0 Å². The highest BCUT2D eigenvalue weighted by Gasteiger charge is 2.15. The van der Waals surface area contributed by atoms with E-state index in [1.807, 2.05) is 0 Å². The van der Waals surface area contributed by atoms with Gasteiger partial charge in [0.05, 0.1) is 13.1 Å². The first-order valence-electron chi connectivity index (χ1n) is 9.94. The zero-order chi connectivity index (χ0) is 17.4. The van der Waals surface area contributed by atoms with E-state index >= 15 is 0 Å². The number of hydrogen-bond donors (Lipinski definition) is 1. The van der Waals surface area contributed by atoms with E-state index in [1.54, 1.807) is 4.90 Å². The highest BCUT2D eigenvalue weighted by molar-refractivity contribution is 5.63. The lowest BCUT2D eigenvalue weighted by Gasteiger charge is -2.22. The van der Waals surface area contributed by atoms with Crippen molar-refractivity contribution < 1.29 is 22.0 Å². The average Bonchev–Trinajstić information content (AvgIpc) is 2.63. The first-order valence-corrected chi connectivity index (χ1v) is 9.94. The van der Waals surface area contributed by atoms with Gasteiger partial charge in [-0.1, -0.05) is 44.5 Å². The third kappa shape index (κ3) is 6.67. The second-order valence-electron chi connectivity index (χ2n) is 7.33. The lowest BCUT2D eigenvalue weighted by molar-refractivity contribution is -0.896. The molecule has 1 aromatic rings. The van der Waals surface area contributed by atoms with Crippen molar-refractivity contribution in [3.8, 4) is 0 Å². The topological polar surface area (TPSA) is 13.7 Å². The number of likely N-dealkylation sites (N-methyl/N-ethyl adjacent to an activating group) is 1. The molecule has 0 heterocycles. The standard InChI is InChI=1S/C22H35NO.ClH/c1-5-23(6-2)16-17-24-22(20-10-8-7-9-11-20)21-14-12-19(13-15-21)18(3)4;/h12-15,18H,5-11,16-17H2,1-4H3;1H. The highest BCUT2D eigenvalue weighted by atomic mass is 35.5. The van der Waals surface area contributed by atoms with Crippen molar-refractivity contribution in [1.29, 1.82) is 0 Å². The zero-order valence-corrected chi connectivity index (χ0v) is 17.3. The smallest absolute Gasteiger partial charge is 0.137 e. The first-order chi connectivity index (χ1) is 11.7. The van der Waals surface area contributed by atoms with E-state index in [0.717, 1.165) is 13.2 Å². The van der Waals surface area contributed by atoms with Crippen LogP contribution in [0.15, 0.2) is 29.8 Å². The van der Waals surface area contributed by atoms with Gasteiger partial charge in [-0.25, -0.2) is 0 Å². The van der Waals surface area contributed by atoms with Crippen LogP contribution in [0.1, 0.15) is 76.8 Å². The quantitative estimate of drug-likeness (QED) is 0.688. The van der Waals surface area contributed by atoms with Gasteiger partial charge in [0.1, 0.15) is 18.9 Å². The molecule has 25 heavy (non-hydrogen) atoms. The van der Waals surface area contributed by atoms with Crippen LogP contribution < -0.4 is 17.3 Å². The molecular formula is C22H36ClNO. The second kappa shape index (κ2) is 11.6. The Morgan fingerprint density at radius 3 is 2.12 bits per heavy atom. The van der Waals surface area contributed by atoms with Gasteiger partial charge in [-0.05, 0) is 56.6 Å². The molecule has 0 unspecified atom stereocenters. The predicted octanol–water partition coefficient (Wildman–Crippen LogP) is 1.43. The Hall–Kier alpha value is -0.990. The van der Waals surface area contributed by atoms with E-state index in [0.29, 0.717) is 5.92 Å². The monoisotopic (exact) mass is 365 g/mol. The summed E-state index contributed by atoms with van der Waals surface area (Å²) in [7, 11) is 0. The van der Waals surface area contributed by atoms with Crippen molar-refractivity contribution in [3.63, 3.8) is 0 Å². The number of ether oxygens (including phenoxy) is 1. The molecule has 1 saturated carbocycles. The molecule has 0 saturated heterocycles. The third-order valence-electron chi connectivity index (χ3n) is 5.32. The molecule has 142 valence electrons. The van der Waals surface area contributed by atoms with Gasteiger partial charge in [-0.2, -0.15) is 0 Å². The minimum absolute atomic E-state index is 0. The molecule has 2 nitrogen and oxygen atoms in total. The van der Waals surface area contributed by atoms with Gasteiger partial charge in [-0.15, -0.1) is 0 Å². The van der Waals surface area contributed by atoms with Gasteiger partial charge in [-0.3, -0.25) is 0 Å². The number of benzene rings is 1. The van der Waals surface area contributed by atoms with Crippen molar-refractivity contribution in [3.05, 3.63) is 41.0 Å². The Bertz CT molecular complexity index is 509. The maximum absolute atomic E-state index is 6.36. The first kappa shape index (κ1) is 22.1. The minimum Gasteiger partial charge on any atom is -1.00 e. The molecule has 1 aliphatic carbocycles. The van der Waals surface area contributed by atoms with Crippen LogP contribution >= 0.6 is 0 Å². The summed E-state index contributed by atoms with van der Waals surface area (Å²) in [5, 5.41) is 0. The number of nitrogens with one attached hydrogen (secondary N) is 1. The van der Waals surface area contributed by atoms with Crippen LogP contribution in [0.5, 0.6) is 0 Å². The highest BCUT2D eigenvalue weighted by Crippen LogP contribution is 2.31. The summed E-state index contributed by atoms with van der Waals surface area (Å²) in [5.41, 5.74) is 4.21. The van der Waals surface area contributed by atoms with Crippen molar-refractivity contribution in [1.82, 2.24) is 0 Å². The summed E-state index contributed by atoms with van der Waals surface area (Å²) in [6.07, 6.45) is 6.41. The molecule has 1 aromatic carbocycles. The van der Waals surface area contributed by atoms with E-state index in [1.165, 1.54) is 67.7 Å². The predicted molar refractivity (Wildman–Crippen MR) is 103 cm³/mol. The van der Waals surface area contributed by atoms with E-state index in [9.17, 15) is 0 Å². The molecule has 2 rings (SSSR count). The second-order valence-corrected chi connectivity index (χ2v) is 7.33. The Morgan fingerprint density at radius 2 is 1.60 bits per heavy atom. The molecule has 0 aromatic heterocycles. The van der Waals surface area contributed by atoms with Crippen LogP contribution in [0.2, 0.25) is 0 Å². The van der Waals surface area contributed by atoms with Crippen LogP contribution in [0.4, 0.5) is 0 Å². The zero-order valence-electron chi connectivity index (χ0n) is 16.5. The van der Waals surface area contributed by atoms with Crippen molar-refractivity contribution in [2.45, 2.75) is 65.7 Å². The molecule has 1 N–H and O–H groups in total. The third-order valence-corrected chi connectivity index (χ3v) is 5.32. The number of halogens is 1. The van der Waals surface area contributed by atoms with Crippen LogP contribution in [-0.2, 0) is 4.74 Å². The lowest BCUT2D eigenvalue weighted by Crippen LogP contribution is -3.11. The SMILES string of the molecule is CC[NH+](CC)CCOC(=C1CCCCC1)c1ccc(C(C)C)cc1.[Cl-]. The normalized spacial score (nSPS) is 14.6. The molecule has 0 amide bonds. The summed E-state index contributed by atoms with van der Waals surface area (Å²) < 4.78 is 6.36. The molecular weight excluding hydrogens is 330 g/mol. The van der Waals surface area contributed by atoms with Crippen LogP contribution in [0.25, 0.3) is 5.76 Å². The van der Waals surface area contributed by atoms with Gasteiger partial charge < -0.3 is 22.0 Å². The fourth-order valence-electron chi connectivity index (χ4n) is 3.52. The molecule has 0 spiro atoms. The van der Waals surface area contributed by atoms with Crippen LogP contribution in [-0.4, -0.2) is 26.2 Å². The van der Waals surface area contributed by atoms with Crippen molar-refractivity contribution in [2.24, 2.45) is 0 Å². The van der Waals surface area contributed by atoms with E-state index in [4.69, 9.17) is 4.74 Å². The summed E-state index contributed by atoms with van der Waals surface area (Å²) >= 11 is 0. The number of rotatable bonds is 8. The summed E-state index contributed by atoms with van der Waals surface area (Å²) in [6, 6.07) is 9.05. The maximum Gasteiger partial charge on any atom is 0.137 e. The Balaban J connectivity index is 0.00000312. The molecule has 1 aliphatic rings. The molecule has 0 bridgehead atoms. The number of hydrogen-bond acceptors (Lipinski definition) is 1. The minimum atomic E-state index is 0. The molecule has 0 atom stereocenters. The van der Waals surface area contributed by atoms with Gasteiger partial charge in [0.2, 0.25) is 0 Å².